The van der Waals surface area contributed by atoms with E-state index in [4.69, 9.17) is 10.3 Å². The number of nitrogens with one attached hydrogen (secondary N) is 2. The molecular weight excluding hydrogens is 432 g/mol. The fourth-order valence-corrected chi connectivity index (χ4v) is 3.93. The van der Waals surface area contributed by atoms with Crippen molar-refractivity contribution >= 4 is 22.7 Å². The number of hydrogen-bond donors (Lipinski definition) is 3. The van der Waals surface area contributed by atoms with Crippen LogP contribution < -0.4 is 11.1 Å². The summed E-state index contributed by atoms with van der Waals surface area (Å²) >= 11 is 0. The first-order chi connectivity index (χ1) is 15.8. The predicted octanol–water partition coefficient (Wildman–Crippen LogP) is 3.35. The Bertz CT molecular complexity index is 1420. The Labute approximate surface area is 186 Å². The molecule has 1 saturated carbocycles. The molecule has 168 valence electrons. The van der Waals surface area contributed by atoms with Crippen molar-refractivity contribution in [2.24, 2.45) is 11.1 Å². The monoisotopic (exact) mass is 451 g/mol. The zero-order valence-corrected chi connectivity index (χ0v) is 17.5. The number of aromatic nitrogens is 3. The van der Waals surface area contributed by atoms with Crippen molar-refractivity contribution in [3.63, 3.8) is 0 Å². The smallest absolute Gasteiger partial charge is 0.235 e. The number of primary amides is 1. The molecule has 0 saturated heterocycles. The molecular formula is C23H19F2N5O3. The summed E-state index contributed by atoms with van der Waals surface area (Å²) in [6, 6.07) is 8.74. The van der Waals surface area contributed by atoms with E-state index in [0.717, 1.165) is 0 Å². The van der Waals surface area contributed by atoms with Gasteiger partial charge in [0.2, 0.25) is 23.5 Å². The highest BCUT2D eigenvalue weighted by molar-refractivity contribution is 6.07. The van der Waals surface area contributed by atoms with Gasteiger partial charge in [0.25, 0.3) is 0 Å². The minimum atomic E-state index is -1.18. The summed E-state index contributed by atoms with van der Waals surface area (Å²) < 4.78 is 34.1. The fourth-order valence-electron chi connectivity index (χ4n) is 3.93. The maximum atomic E-state index is 15.0. The Morgan fingerprint density at radius 2 is 2.00 bits per heavy atom. The third-order valence-electron chi connectivity index (χ3n) is 5.95. The highest BCUT2D eigenvalue weighted by atomic mass is 19.1. The van der Waals surface area contributed by atoms with E-state index in [0.29, 0.717) is 46.5 Å². The van der Waals surface area contributed by atoms with Crippen molar-refractivity contribution in [1.29, 1.82) is 0 Å². The Hall–Kier alpha value is -4.08. The van der Waals surface area contributed by atoms with Crippen LogP contribution in [0.15, 0.2) is 40.9 Å². The number of aryl methyl sites for hydroxylation is 1. The molecule has 2 aromatic carbocycles. The summed E-state index contributed by atoms with van der Waals surface area (Å²) in [6.45, 7) is 1.55. The minimum absolute atomic E-state index is 0.0978. The lowest BCUT2D eigenvalue weighted by Crippen LogP contribution is -2.40. The normalized spacial score (nSPS) is 14.4. The van der Waals surface area contributed by atoms with Crippen LogP contribution in [-0.2, 0) is 16.1 Å². The largest absolute Gasteiger partial charge is 0.369 e. The molecule has 4 N–H and O–H groups in total. The number of nitrogens with zero attached hydrogens (tertiary/aromatic N) is 2. The second-order valence-electron chi connectivity index (χ2n) is 8.14. The first kappa shape index (κ1) is 20.8. The molecule has 1 aliphatic carbocycles. The number of H-pyrrole nitrogens is 1. The number of nitrogens with two attached hydrogens (primary N) is 1. The number of hydrogen-bond acceptors (Lipinski definition) is 5. The van der Waals surface area contributed by atoms with E-state index in [-0.39, 0.29) is 17.9 Å². The standard InChI is InChI=1S/C23H19F2N5O3/c1-11-28-20(30-33-11)19-18(15-9-14(24)4-5-17(15)29-19)12-2-3-13(16(25)8-12)10-27-22(32)23(6-7-23)21(26)31/h2-5,8-9,29H,6-7,10H2,1H3,(H2,26,31)(H,27,32). The Kier molecular flexibility index (Phi) is 4.73. The molecule has 2 heterocycles. The first-order valence-corrected chi connectivity index (χ1v) is 10.3. The summed E-state index contributed by atoms with van der Waals surface area (Å²) in [7, 11) is 0. The van der Waals surface area contributed by atoms with Crippen LogP contribution in [-0.4, -0.2) is 26.9 Å². The molecule has 10 heteroatoms. The van der Waals surface area contributed by atoms with Gasteiger partial charge in [0.1, 0.15) is 17.0 Å². The lowest BCUT2D eigenvalue weighted by molar-refractivity contribution is -0.135. The molecule has 5 rings (SSSR count). The van der Waals surface area contributed by atoms with Gasteiger partial charge in [-0.2, -0.15) is 4.98 Å². The molecule has 33 heavy (non-hydrogen) atoms. The van der Waals surface area contributed by atoms with Crippen LogP contribution in [0.2, 0.25) is 0 Å². The number of carbonyl (C=O) groups is 2. The van der Waals surface area contributed by atoms with Crippen molar-refractivity contribution < 1.29 is 22.9 Å². The minimum Gasteiger partial charge on any atom is -0.369 e. The zero-order chi connectivity index (χ0) is 23.3. The lowest BCUT2D eigenvalue weighted by atomic mass is 9.99. The van der Waals surface area contributed by atoms with Crippen molar-refractivity contribution in [2.75, 3.05) is 0 Å². The zero-order valence-electron chi connectivity index (χ0n) is 17.5. The number of aromatic amines is 1. The van der Waals surface area contributed by atoms with Gasteiger partial charge in [0.05, 0.1) is 5.69 Å². The van der Waals surface area contributed by atoms with E-state index in [2.05, 4.69) is 20.4 Å². The molecule has 1 aliphatic rings. The van der Waals surface area contributed by atoms with E-state index in [1.54, 1.807) is 19.1 Å². The van der Waals surface area contributed by atoms with Crippen LogP contribution in [0.25, 0.3) is 33.5 Å². The van der Waals surface area contributed by atoms with Crippen LogP contribution in [0.4, 0.5) is 8.78 Å². The number of fused-ring (bicyclic) bond motifs is 1. The van der Waals surface area contributed by atoms with E-state index in [9.17, 15) is 14.0 Å². The van der Waals surface area contributed by atoms with E-state index in [1.807, 2.05) is 0 Å². The van der Waals surface area contributed by atoms with Gasteiger partial charge in [-0.05, 0) is 42.7 Å². The van der Waals surface area contributed by atoms with Crippen LogP contribution >= 0.6 is 0 Å². The van der Waals surface area contributed by atoms with Crippen LogP contribution in [0, 0.1) is 24.0 Å². The predicted molar refractivity (Wildman–Crippen MR) is 114 cm³/mol. The lowest BCUT2D eigenvalue weighted by Gasteiger charge is -2.12. The molecule has 2 amide bonds. The van der Waals surface area contributed by atoms with Crippen molar-refractivity contribution in [3.05, 3.63) is 59.5 Å². The fraction of sp³-hybridized carbons (Fsp3) is 0.217. The maximum Gasteiger partial charge on any atom is 0.235 e. The van der Waals surface area contributed by atoms with Crippen LogP contribution in [0.1, 0.15) is 24.3 Å². The molecule has 0 atom stereocenters. The number of carbonyl (C=O) groups excluding carboxylic acids is 2. The van der Waals surface area contributed by atoms with Crippen LogP contribution in [0.5, 0.6) is 0 Å². The average molecular weight is 451 g/mol. The van der Waals surface area contributed by atoms with Crippen molar-refractivity contribution in [3.8, 4) is 22.6 Å². The van der Waals surface area contributed by atoms with Gasteiger partial charge >= 0.3 is 0 Å². The summed E-state index contributed by atoms with van der Waals surface area (Å²) in [5.74, 6) is -1.58. The van der Waals surface area contributed by atoms with E-state index in [1.165, 1.54) is 24.3 Å². The van der Waals surface area contributed by atoms with Crippen molar-refractivity contribution in [1.82, 2.24) is 20.4 Å². The quantitative estimate of drug-likeness (QED) is 0.388. The Morgan fingerprint density at radius 1 is 1.21 bits per heavy atom. The molecule has 0 bridgehead atoms. The summed E-state index contributed by atoms with van der Waals surface area (Å²) in [6.07, 6.45) is 0.788. The SMILES string of the molecule is Cc1nc(-c2[nH]c3ccc(F)cc3c2-c2ccc(CNC(=O)C3(C(N)=O)CC3)c(F)c2)no1. The second kappa shape index (κ2) is 7.51. The van der Waals surface area contributed by atoms with Crippen LogP contribution in [0.3, 0.4) is 0 Å². The van der Waals surface area contributed by atoms with E-state index < -0.39 is 28.9 Å². The number of halogens is 2. The number of rotatable bonds is 6. The highest BCUT2D eigenvalue weighted by Crippen LogP contribution is 2.45. The molecule has 0 aliphatic heterocycles. The third-order valence-corrected chi connectivity index (χ3v) is 5.95. The molecule has 1 fully saturated rings. The van der Waals surface area contributed by atoms with Crippen molar-refractivity contribution in [2.45, 2.75) is 26.3 Å². The average Bonchev–Trinajstić information content (AvgIpc) is 3.36. The summed E-state index contributed by atoms with van der Waals surface area (Å²) in [4.78, 5) is 31.2. The second-order valence-corrected chi connectivity index (χ2v) is 8.14. The first-order valence-electron chi connectivity index (χ1n) is 10.3. The van der Waals surface area contributed by atoms with Gasteiger partial charge in [-0.25, -0.2) is 8.78 Å². The molecule has 0 spiro atoms. The van der Waals surface area contributed by atoms with Gasteiger partial charge in [-0.15, -0.1) is 0 Å². The van der Waals surface area contributed by atoms with Gasteiger partial charge in [-0.3, -0.25) is 9.59 Å². The summed E-state index contributed by atoms with van der Waals surface area (Å²) in [5.41, 5.74) is 6.43. The number of amides is 2. The maximum absolute atomic E-state index is 15.0. The van der Waals surface area contributed by atoms with Gasteiger partial charge in [0, 0.05) is 35.5 Å². The molecule has 4 aromatic rings. The van der Waals surface area contributed by atoms with Gasteiger partial charge in [0.15, 0.2) is 0 Å². The van der Waals surface area contributed by atoms with E-state index >= 15 is 4.39 Å². The molecule has 0 radical (unpaired) electrons. The molecule has 8 nitrogen and oxygen atoms in total. The third kappa shape index (κ3) is 3.53. The summed E-state index contributed by atoms with van der Waals surface area (Å²) in [5, 5.41) is 7.05. The molecule has 2 aromatic heterocycles. The van der Waals surface area contributed by atoms with Gasteiger partial charge < -0.3 is 20.6 Å². The Morgan fingerprint density at radius 3 is 2.64 bits per heavy atom. The number of benzene rings is 2. The molecule has 0 unspecified atom stereocenters. The topological polar surface area (TPSA) is 127 Å². The van der Waals surface area contributed by atoms with Gasteiger partial charge in [-0.1, -0.05) is 17.3 Å². The highest BCUT2D eigenvalue weighted by Gasteiger charge is 2.55. The Balaban J connectivity index is 1.50.